The summed E-state index contributed by atoms with van der Waals surface area (Å²) in [5, 5.41) is 4.13. The monoisotopic (exact) mass is 205 g/mol. The highest BCUT2D eigenvalue weighted by atomic mass is 19.1. The van der Waals surface area contributed by atoms with Gasteiger partial charge in [-0.3, -0.25) is 4.68 Å². The summed E-state index contributed by atoms with van der Waals surface area (Å²) in [7, 11) is 0. The van der Waals surface area contributed by atoms with Crippen LogP contribution in [0.1, 0.15) is 11.3 Å². The van der Waals surface area contributed by atoms with Crippen molar-refractivity contribution in [3.63, 3.8) is 0 Å². The quantitative estimate of drug-likeness (QED) is 0.814. The van der Waals surface area contributed by atoms with Gasteiger partial charge in [0.05, 0.1) is 6.54 Å². The Balaban J connectivity index is 2.21. The lowest BCUT2D eigenvalue weighted by Gasteiger charge is -2.03. The van der Waals surface area contributed by atoms with Crippen LogP contribution >= 0.6 is 0 Å². The lowest BCUT2D eigenvalue weighted by Crippen LogP contribution is -2.04. The van der Waals surface area contributed by atoms with Gasteiger partial charge in [-0.05, 0) is 24.6 Å². The second-order valence-corrected chi connectivity index (χ2v) is 3.49. The Hall–Kier alpha value is -1.84. The Bertz CT molecular complexity index is 459. The molecule has 0 radical (unpaired) electrons. The van der Waals surface area contributed by atoms with E-state index in [4.69, 9.17) is 5.73 Å². The van der Waals surface area contributed by atoms with E-state index >= 15 is 0 Å². The van der Waals surface area contributed by atoms with Crippen molar-refractivity contribution in [2.75, 3.05) is 5.73 Å². The van der Waals surface area contributed by atoms with Gasteiger partial charge in [0.1, 0.15) is 11.6 Å². The first kappa shape index (κ1) is 9.71. The van der Waals surface area contributed by atoms with Crippen molar-refractivity contribution < 1.29 is 4.39 Å². The standard InChI is InChI=1S/C11H12FN3/c1-8-6-11(13)14-15(8)7-9-2-4-10(12)5-3-9/h2-6H,7H2,1H3,(H2,13,14). The topological polar surface area (TPSA) is 43.8 Å². The highest BCUT2D eigenvalue weighted by molar-refractivity contribution is 5.29. The molecule has 3 nitrogen and oxygen atoms in total. The molecule has 2 rings (SSSR count). The number of nitrogens with two attached hydrogens (primary N) is 1. The molecule has 0 aliphatic carbocycles. The lowest BCUT2D eigenvalue weighted by molar-refractivity contribution is 0.623. The highest BCUT2D eigenvalue weighted by Crippen LogP contribution is 2.09. The summed E-state index contributed by atoms with van der Waals surface area (Å²) < 4.78 is 14.5. The summed E-state index contributed by atoms with van der Waals surface area (Å²) in [6.45, 7) is 2.55. The maximum atomic E-state index is 12.7. The molecule has 0 aliphatic heterocycles. The van der Waals surface area contributed by atoms with Crippen molar-refractivity contribution in [1.82, 2.24) is 9.78 Å². The molecule has 0 saturated carbocycles. The van der Waals surface area contributed by atoms with E-state index in [1.807, 2.05) is 13.0 Å². The molecule has 4 heteroatoms. The van der Waals surface area contributed by atoms with Crippen molar-refractivity contribution in [3.05, 3.63) is 47.4 Å². The van der Waals surface area contributed by atoms with Crippen LogP contribution in [0.3, 0.4) is 0 Å². The third-order valence-corrected chi connectivity index (χ3v) is 2.25. The zero-order chi connectivity index (χ0) is 10.8. The molecule has 0 fully saturated rings. The fraction of sp³-hybridized carbons (Fsp3) is 0.182. The Labute approximate surface area is 87.3 Å². The molecular weight excluding hydrogens is 193 g/mol. The van der Waals surface area contributed by atoms with Gasteiger partial charge >= 0.3 is 0 Å². The van der Waals surface area contributed by atoms with Gasteiger partial charge in [0, 0.05) is 11.8 Å². The maximum absolute atomic E-state index is 12.7. The first-order chi connectivity index (χ1) is 7.15. The molecule has 0 aliphatic rings. The molecule has 1 aromatic carbocycles. The molecule has 0 unspecified atom stereocenters. The van der Waals surface area contributed by atoms with Crippen LogP contribution in [0.4, 0.5) is 10.2 Å². The summed E-state index contributed by atoms with van der Waals surface area (Å²) >= 11 is 0. The van der Waals surface area contributed by atoms with Gasteiger partial charge in [0.15, 0.2) is 0 Å². The average Bonchev–Trinajstić information content (AvgIpc) is 2.49. The molecule has 0 spiro atoms. The molecule has 78 valence electrons. The largest absolute Gasteiger partial charge is 0.382 e. The normalized spacial score (nSPS) is 10.5. The Morgan fingerprint density at radius 2 is 2.00 bits per heavy atom. The van der Waals surface area contributed by atoms with E-state index in [-0.39, 0.29) is 5.82 Å². The van der Waals surface area contributed by atoms with Crippen molar-refractivity contribution in [3.8, 4) is 0 Å². The van der Waals surface area contributed by atoms with Gasteiger partial charge in [0.2, 0.25) is 0 Å². The molecule has 1 aromatic heterocycles. The van der Waals surface area contributed by atoms with E-state index in [1.165, 1.54) is 12.1 Å². The van der Waals surface area contributed by atoms with E-state index in [0.717, 1.165) is 11.3 Å². The molecule has 0 atom stereocenters. The summed E-state index contributed by atoms with van der Waals surface area (Å²) in [6.07, 6.45) is 0. The number of rotatable bonds is 2. The number of anilines is 1. The predicted molar refractivity (Wildman–Crippen MR) is 56.9 cm³/mol. The van der Waals surface area contributed by atoms with Crippen LogP contribution in [0.5, 0.6) is 0 Å². The van der Waals surface area contributed by atoms with Crippen LogP contribution in [0.2, 0.25) is 0 Å². The van der Waals surface area contributed by atoms with Crippen LogP contribution in [0, 0.1) is 12.7 Å². The molecular formula is C11H12FN3. The number of nitrogens with zero attached hydrogens (tertiary/aromatic N) is 2. The van der Waals surface area contributed by atoms with Crippen molar-refractivity contribution in [2.45, 2.75) is 13.5 Å². The molecule has 15 heavy (non-hydrogen) atoms. The minimum Gasteiger partial charge on any atom is -0.382 e. The number of benzene rings is 1. The maximum Gasteiger partial charge on any atom is 0.145 e. The molecule has 0 bridgehead atoms. The molecule has 2 N–H and O–H groups in total. The van der Waals surface area contributed by atoms with E-state index in [1.54, 1.807) is 16.8 Å². The van der Waals surface area contributed by atoms with Gasteiger partial charge in [-0.25, -0.2) is 4.39 Å². The average molecular weight is 205 g/mol. The third-order valence-electron chi connectivity index (χ3n) is 2.25. The second kappa shape index (κ2) is 3.73. The summed E-state index contributed by atoms with van der Waals surface area (Å²) in [5.74, 6) is 0.282. The second-order valence-electron chi connectivity index (χ2n) is 3.49. The van der Waals surface area contributed by atoms with Crippen LogP contribution in [-0.4, -0.2) is 9.78 Å². The van der Waals surface area contributed by atoms with Crippen LogP contribution in [0.25, 0.3) is 0 Å². The number of aromatic nitrogens is 2. The SMILES string of the molecule is Cc1cc(N)nn1Cc1ccc(F)cc1. The Morgan fingerprint density at radius 1 is 1.33 bits per heavy atom. The first-order valence-electron chi connectivity index (χ1n) is 4.69. The van der Waals surface area contributed by atoms with Gasteiger partial charge in [-0.1, -0.05) is 12.1 Å². The zero-order valence-corrected chi connectivity index (χ0v) is 8.44. The fourth-order valence-electron chi connectivity index (χ4n) is 1.46. The van der Waals surface area contributed by atoms with Crippen molar-refractivity contribution in [2.24, 2.45) is 0 Å². The summed E-state index contributed by atoms with van der Waals surface area (Å²) in [6, 6.07) is 8.18. The number of aryl methyl sites for hydroxylation is 1. The highest BCUT2D eigenvalue weighted by Gasteiger charge is 2.02. The van der Waals surface area contributed by atoms with E-state index in [0.29, 0.717) is 12.4 Å². The minimum absolute atomic E-state index is 0.226. The van der Waals surface area contributed by atoms with Crippen LogP contribution in [-0.2, 0) is 6.54 Å². The van der Waals surface area contributed by atoms with Crippen molar-refractivity contribution in [1.29, 1.82) is 0 Å². The lowest BCUT2D eigenvalue weighted by atomic mass is 10.2. The van der Waals surface area contributed by atoms with Gasteiger partial charge in [-0.15, -0.1) is 0 Å². The molecule has 1 heterocycles. The fourth-order valence-corrected chi connectivity index (χ4v) is 1.46. The number of hydrogen-bond donors (Lipinski definition) is 1. The number of halogens is 1. The van der Waals surface area contributed by atoms with E-state index in [2.05, 4.69) is 5.10 Å². The molecule has 0 saturated heterocycles. The minimum atomic E-state index is -0.226. The predicted octanol–water partition coefficient (Wildman–Crippen LogP) is 1.96. The van der Waals surface area contributed by atoms with E-state index in [9.17, 15) is 4.39 Å². The zero-order valence-electron chi connectivity index (χ0n) is 8.44. The third kappa shape index (κ3) is 2.15. The first-order valence-corrected chi connectivity index (χ1v) is 4.69. The Kier molecular flexibility index (Phi) is 2.41. The Morgan fingerprint density at radius 3 is 2.53 bits per heavy atom. The smallest absolute Gasteiger partial charge is 0.145 e. The molecule has 0 amide bonds. The van der Waals surface area contributed by atoms with Crippen LogP contribution < -0.4 is 5.73 Å². The summed E-state index contributed by atoms with van der Waals surface area (Å²) in [4.78, 5) is 0. The number of nitrogen functional groups attached to an aromatic ring is 1. The molecule has 2 aromatic rings. The van der Waals surface area contributed by atoms with Crippen LogP contribution in [0.15, 0.2) is 30.3 Å². The van der Waals surface area contributed by atoms with Gasteiger partial charge < -0.3 is 5.73 Å². The van der Waals surface area contributed by atoms with Crippen molar-refractivity contribution >= 4 is 5.82 Å². The number of hydrogen-bond acceptors (Lipinski definition) is 2. The van der Waals surface area contributed by atoms with Gasteiger partial charge in [0.25, 0.3) is 0 Å². The van der Waals surface area contributed by atoms with Gasteiger partial charge in [-0.2, -0.15) is 5.10 Å². The van der Waals surface area contributed by atoms with E-state index < -0.39 is 0 Å². The summed E-state index contributed by atoms with van der Waals surface area (Å²) in [5.41, 5.74) is 7.56.